The molecule has 3 aromatic rings. The van der Waals surface area contributed by atoms with Crippen LogP contribution in [0.2, 0.25) is 10.0 Å². The van der Waals surface area contributed by atoms with E-state index >= 15 is 0 Å². The maximum atomic E-state index is 12.0. The van der Waals surface area contributed by atoms with Gasteiger partial charge in [-0.05, 0) is 30.3 Å². The van der Waals surface area contributed by atoms with Crippen molar-refractivity contribution in [2.24, 2.45) is 0 Å². The Bertz CT molecular complexity index is 789. The van der Waals surface area contributed by atoms with Crippen molar-refractivity contribution in [1.29, 1.82) is 0 Å². The average Bonchev–Trinajstić information content (AvgIpc) is 2.69. The molecular formula is C13H8Cl2N2O. The second-order valence-corrected chi connectivity index (χ2v) is 4.70. The highest BCUT2D eigenvalue weighted by Crippen LogP contribution is 2.25. The van der Waals surface area contributed by atoms with E-state index in [9.17, 15) is 4.79 Å². The van der Waals surface area contributed by atoms with E-state index in [-0.39, 0.29) is 5.69 Å². The van der Waals surface area contributed by atoms with Crippen LogP contribution < -0.4 is 5.69 Å². The number of hydrogen-bond donors (Lipinski definition) is 1. The molecule has 0 aliphatic rings. The van der Waals surface area contributed by atoms with E-state index in [1.165, 1.54) is 0 Å². The first-order valence-corrected chi connectivity index (χ1v) is 6.07. The van der Waals surface area contributed by atoms with Crippen LogP contribution in [0.15, 0.2) is 47.3 Å². The topological polar surface area (TPSA) is 37.8 Å². The molecule has 0 saturated heterocycles. The molecule has 0 aliphatic heterocycles. The van der Waals surface area contributed by atoms with Gasteiger partial charge in [-0.15, -0.1) is 0 Å². The van der Waals surface area contributed by atoms with Crippen molar-refractivity contribution in [1.82, 2.24) is 9.55 Å². The number of benzene rings is 2. The summed E-state index contributed by atoms with van der Waals surface area (Å²) in [5, 5.41) is 0.889. The minimum Gasteiger partial charge on any atom is -0.305 e. The number of para-hydroxylation sites is 2. The minimum atomic E-state index is -0.199. The highest BCUT2D eigenvalue weighted by Gasteiger charge is 2.09. The van der Waals surface area contributed by atoms with Crippen LogP contribution in [0, 0.1) is 0 Å². The van der Waals surface area contributed by atoms with E-state index in [2.05, 4.69) is 4.98 Å². The number of fused-ring (bicyclic) bond motifs is 1. The van der Waals surface area contributed by atoms with Crippen LogP contribution in [0.4, 0.5) is 0 Å². The number of imidazole rings is 1. The number of hydrogen-bond acceptors (Lipinski definition) is 1. The van der Waals surface area contributed by atoms with Crippen molar-refractivity contribution in [3.63, 3.8) is 0 Å². The summed E-state index contributed by atoms with van der Waals surface area (Å²) in [5.41, 5.74) is 2.08. The monoisotopic (exact) mass is 278 g/mol. The van der Waals surface area contributed by atoms with Crippen LogP contribution in [0.5, 0.6) is 0 Å². The molecule has 3 nitrogen and oxygen atoms in total. The molecule has 1 aromatic heterocycles. The van der Waals surface area contributed by atoms with E-state index in [1.807, 2.05) is 24.3 Å². The Kier molecular flexibility index (Phi) is 2.65. The van der Waals surface area contributed by atoms with Crippen LogP contribution in [0.25, 0.3) is 16.7 Å². The molecule has 1 heterocycles. The van der Waals surface area contributed by atoms with Gasteiger partial charge in [-0.25, -0.2) is 4.79 Å². The molecule has 90 valence electrons. The third kappa shape index (κ3) is 1.72. The standard InChI is InChI=1S/C13H8Cl2N2O/c14-9-6-5-8(7-10(9)15)17-12-4-2-1-3-11(12)16-13(17)18/h1-7H,(H,16,18). The quantitative estimate of drug-likeness (QED) is 0.725. The highest BCUT2D eigenvalue weighted by atomic mass is 35.5. The van der Waals surface area contributed by atoms with Crippen LogP contribution in [0.1, 0.15) is 0 Å². The Balaban J connectivity index is 2.34. The Labute approximate surface area is 113 Å². The average molecular weight is 279 g/mol. The summed E-state index contributed by atoms with van der Waals surface area (Å²) in [6.07, 6.45) is 0. The van der Waals surface area contributed by atoms with Gasteiger partial charge in [0.25, 0.3) is 0 Å². The summed E-state index contributed by atoms with van der Waals surface area (Å²) in [6.45, 7) is 0. The summed E-state index contributed by atoms with van der Waals surface area (Å²) in [4.78, 5) is 14.8. The van der Waals surface area contributed by atoms with Gasteiger partial charge in [0.1, 0.15) is 0 Å². The van der Waals surface area contributed by atoms with E-state index in [1.54, 1.807) is 22.8 Å². The lowest BCUT2D eigenvalue weighted by atomic mass is 10.3. The van der Waals surface area contributed by atoms with Gasteiger partial charge in [0.2, 0.25) is 0 Å². The molecule has 2 aromatic carbocycles. The van der Waals surface area contributed by atoms with Crippen molar-refractivity contribution < 1.29 is 0 Å². The molecular weight excluding hydrogens is 271 g/mol. The fourth-order valence-corrected chi connectivity index (χ4v) is 2.23. The summed E-state index contributed by atoms with van der Waals surface area (Å²) in [6, 6.07) is 12.6. The van der Waals surface area contributed by atoms with E-state index in [0.717, 1.165) is 11.0 Å². The molecule has 0 fully saturated rings. The molecule has 3 rings (SSSR count). The molecule has 0 aliphatic carbocycles. The fourth-order valence-electron chi connectivity index (χ4n) is 1.94. The maximum Gasteiger partial charge on any atom is 0.331 e. The van der Waals surface area contributed by atoms with Crippen molar-refractivity contribution in [3.05, 3.63) is 63.0 Å². The van der Waals surface area contributed by atoms with Crippen LogP contribution in [-0.2, 0) is 0 Å². The zero-order chi connectivity index (χ0) is 12.7. The Morgan fingerprint density at radius 2 is 1.78 bits per heavy atom. The van der Waals surface area contributed by atoms with Crippen molar-refractivity contribution >= 4 is 34.2 Å². The summed E-state index contributed by atoms with van der Waals surface area (Å²) < 4.78 is 1.57. The third-order valence-corrected chi connectivity index (χ3v) is 3.49. The molecule has 0 radical (unpaired) electrons. The Hall–Kier alpha value is -1.71. The molecule has 5 heteroatoms. The van der Waals surface area contributed by atoms with Crippen molar-refractivity contribution in [3.8, 4) is 5.69 Å². The first-order valence-electron chi connectivity index (χ1n) is 5.32. The predicted molar refractivity (Wildman–Crippen MR) is 73.9 cm³/mol. The SMILES string of the molecule is O=c1[nH]c2ccccc2n1-c1ccc(Cl)c(Cl)c1. The van der Waals surface area contributed by atoms with Crippen molar-refractivity contribution in [2.45, 2.75) is 0 Å². The van der Waals surface area contributed by atoms with Gasteiger partial charge in [-0.3, -0.25) is 4.57 Å². The summed E-state index contributed by atoms with van der Waals surface area (Å²) in [5.74, 6) is 0. The zero-order valence-corrected chi connectivity index (χ0v) is 10.7. The maximum absolute atomic E-state index is 12.0. The summed E-state index contributed by atoms with van der Waals surface area (Å²) in [7, 11) is 0. The number of aromatic amines is 1. The summed E-state index contributed by atoms with van der Waals surface area (Å²) >= 11 is 11.8. The second kappa shape index (κ2) is 4.19. The van der Waals surface area contributed by atoms with Crippen LogP contribution in [0.3, 0.4) is 0 Å². The lowest BCUT2D eigenvalue weighted by molar-refractivity contribution is 1.02. The van der Waals surface area contributed by atoms with Gasteiger partial charge in [0.15, 0.2) is 0 Å². The van der Waals surface area contributed by atoms with E-state index in [0.29, 0.717) is 15.7 Å². The normalized spacial score (nSPS) is 11.0. The van der Waals surface area contributed by atoms with Gasteiger partial charge >= 0.3 is 5.69 Å². The number of H-pyrrole nitrogens is 1. The molecule has 0 unspecified atom stereocenters. The molecule has 0 atom stereocenters. The Morgan fingerprint density at radius 3 is 2.56 bits per heavy atom. The van der Waals surface area contributed by atoms with Crippen LogP contribution >= 0.6 is 23.2 Å². The number of nitrogens with zero attached hydrogens (tertiary/aromatic N) is 1. The molecule has 0 spiro atoms. The number of aromatic nitrogens is 2. The fraction of sp³-hybridized carbons (Fsp3) is 0. The molecule has 0 saturated carbocycles. The first kappa shape index (κ1) is 11.4. The van der Waals surface area contributed by atoms with E-state index < -0.39 is 0 Å². The van der Waals surface area contributed by atoms with E-state index in [4.69, 9.17) is 23.2 Å². The predicted octanol–water partition coefficient (Wildman–Crippen LogP) is 3.63. The Morgan fingerprint density at radius 1 is 1.00 bits per heavy atom. The smallest absolute Gasteiger partial charge is 0.305 e. The largest absolute Gasteiger partial charge is 0.331 e. The minimum absolute atomic E-state index is 0.199. The number of rotatable bonds is 1. The van der Waals surface area contributed by atoms with Gasteiger partial charge in [0, 0.05) is 0 Å². The van der Waals surface area contributed by atoms with Gasteiger partial charge in [0.05, 0.1) is 26.8 Å². The van der Waals surface area contributed by atoms with Gasteiger partial charge in [-0.2, -0.15) is 0 Å². The number of nitrogens with one attached hydrogen (secondary N) is 1. The van der Waals surface area contributed by atoms with Gasteiger partial charge < -0.3 is 4.98 Å². The number of halogens is 2. The molecule has 0 bridgehead atoms. The van der Waals surface area contributed by atoms with Crippen LogP contribution in [-0.4, -0.2) is 9.55 Å². The first-order chi connectivity index (χ1) is 8.66. The molecule has 18 heavy (non-hydrogen) atoms. The molecule has 1 N–H and O–H groups in total. The van der Waals surface area contributed by atoms with Crippen molar-refractivity contribution in [2.75, 3.05) is 0 Å². The highest BCUT2D eigenvalue weighted by molar-refractivity contribution is 6.42. The molecule has 0 amide bonds. The zero-order valence-electron chi connectivity index (χ0n) is 9.15. The lowest BCUT2D eigenvalue weighted by Crippen LogP contribution is -2.14. The lowest BCUT2D eigenvalue weighted by Gasteiger charge is -2.04. The third-order valence-electron chi connectivity index (χ3n) is 2.75. The van der Waals surface area contributed by atoms with Gasteiger partial charge in [-0.1, -0.05) is 35.3 Å². The second-order valence-electron chi connectivity index (χ2n) is 3.88.